The number of aromatic nitrogens is 10. The first-order chi connectivity index (χ1) is 25.3. The molecule has 11 nitrogen and oxygen atoms in total. The summed E-state index contributed by atoms with van der Waals surface area (Å²) in [4.78, 5) is 10.3. The van der Waals surface area contributed by atoms with E-state index in [0.717, 1.165) is 77.8 Å². The fourth-order valence-electron chi connectivity index (χ4n) is 7.20. The highest BCUT2D eigenvalue weighted by Crippen LogP contribution is 2.36. The van der Waals surface area contributed by atoms with Crippen LogP contribution in [-0.2, 0) is 0 Å². The number of para-hydroxylation sites is 2. The summed E-state index contributed by atoms with van der Waals surface area (Å²) in [5.74, 6) is 0. The van der Waals surface area contributed by atoms with Gasteiger partial charge in [0.05, 0.1) is 45.8 Å². The zero-order chi connectivity index (χ0) is 33.5. The first-order valence-electron chi connectivity index (χ1n) is 16.4. The third kappa shape index (κ3) is 4.12. The van der Waals surface area contributed by atoms with E-state index in [1.54, 1.807) is 12.4 Å². The van der Waals surface area contributed by atoms with Gasteiger partial charge in [-0.2, -0.15) is 0 Å². The van der Waals surface area contributed by atoms with Crippen molar-refractivity contribution in [2.75, 3.05) is 0 Å². The number of pyridine rings is 2. The van der Waals surface area contributed by atoms with Crippen LogP contribution in [0.5, 0.6) is 0 Å². The lowest BCUT2D eigenvalue weighted by Gasteiger charge is -2.08. The Morgan fingerprint density at radius 1 is 0.431 bits per heavy atom. The maximum Gasteiger partial charge on any atom is 0.155 e. The average Bonchev–Trinajstić information content (AvgIpc) is 3.85. The molecule has 0 atom stereocenters. The van der Waals surface area contributed by atoms with Crippen LogP contribution in [0, 0.1) is 0 Å². The molecular weight excluding hydrogens is 637 g/mol. The largest absolute Gasteiger partial charge is 0.453 e. The van der Waals surface area contributed by atoms with E-state index in [0.29, 0.717) is 22.2 Å². The second-order valence-corrected chi connectivity index (χ2v) is 12.3. The summed E-state index contributed by atoms with van der Waals surface area (Å²) in [6, 6.07) is 40.8. The molecule has 51 heavy (non-hydrogen) atoms. The van der Waals surface area contributed by atoms with Gasteiger partial charge in [-0.3, -0.25) is 0 Å². The number of hydrogen-bond donors (Lipinski definition) is 0. The number of benzene rings is 4. The Balaban J connectivity index is 1.07. The third-order valence-electron chi connectivity index (χ3n) is 9.49. The van der Waals surface area contributed by atoms with E-state index in [9.17, 15) is 0 Å². The van der Waals surface area contributed by atoms with E-state index in [-0.39, 0.29) is 0 Å². The molecule has 0 saturated carbocycles. The van der Waals surface area contributed by atoms with Crippen LogP contribution in [-0.4, -0.2) is 49.9 Å². The average molecular weight is 659 g/mol. The van der Waals surface area contributed by atoms with Gasteiger partial charge in [-0.25, -0.2) is 9.97 Å². The summed E-state index contributed by atoms with van der Waals surface area (Å²) in [5.41, 5.74) is 13.6. The van der Waals surface area contributed by atoms with Crippen LogP contribution in [0.3, 0.4) is 0 Å². The number of hydrogen-bond acceptors (Lipinski definition) is 9. The molecule has 0 N–H and O–H groups in total. The molecule has 0 aliphatic heterocycles. The van der Waals surface area contributed by atoms with E-state index >= 15 is 0 Å². The van der Waals surface area contributed by atoms with Gasteiger partial charge in [0.1, 0.15) is 22.1 Å². The molecule has 0 amide bonds. The quantitative estimate of drug-likeness (QED) is 0.184. The molecular formula is C40H22N10O. The fourth-order valence-corrected chi connectivity index (χ4v) is 7.20. The predicted molar refractivity (Wildman–Crippen MR) is 196 cm³/mol. The van der Waals surface area contributed by atoms with E-state index in [1.807, 2.05) is 60.7 Å². The van der Waals surface area contributed by atoms with Crippen LogP contribution < -0.4 is 0 Å². The maximum absolute atomic E-state index is 6.23. The van der Waals surface area contributed by atoms with Gasteiger partial charge in [-0.1, -0.05) is 48.5 Å². The Bertz CT molecular complexity index is 2940. The van der Waals surface area contributed by atoms with E-state index in [2.05, 4.69) is 101 Å². The number of fused-ring (bicyclic) bond motifs is 9. The van der Waals surface area contributed by atoms with Crippen molar-refractivity contribution in [2.24, 2.45) is 0 Å². The summed E-state index contributed by atoms with van der Waals surface area (Å²) < 4.78 is 10.5. The molecule has 0 spiro atoms. The Labute approximate surface area is 287 Å². The zero-order valence-corrected chi connectivity index (χ0v) is 26.6. The van der Waals surface area contributed by atoms with Crippen molar-refractivity contribution in [3.8, 4) is 33.9 Å². The molecule has 11 rings (SSSR count). The lowest BCUT2D eigenvalue weighted by Crippen LogP contribution is -1.95. The normalized spacial score (nSPS) is 11.9. The minimum absolute atomic E-state index is 0.671. The topological polar surface area (TPSA) is 126 Å². The van der Waals surface area contributed by atoms with Crippen LogP contribution >= 0.6 is 0 Å². The number of furan rings is 1. The van der Waals surface area contributed by atoms with Crippen molar-refractivity contribution in [3.05, 3.63) is 134 Å². The molecule has 0 fully saturated rings. The first-order valence-corrected chi connectivity index (χ1v) is 16.4. The molecule has 238 valence electrons. The monoisotopic (exact) mass is 658 g/mol. The molecule has 0 aliphatic carbocycles. The minimum Gasteiger partial charge on any atom is -0.453 e. The summed E-state index contributed by atoms with van der Waals surface area (Å²) in [7, 11) is 0. The molecule has 0 aliphatic rings. The van der Waals surface area contributed by atoms with Crippen LogP contribution in [0.2, 0.25) is 0 Å². The molecule has 0 saturated heterocycles. The van der Waals surface area contributed by atoms with Gasteiger partial charge >= 0.3 is 0 Å². The molecule has 0 unspecified atom stereocenters. The lowest BCUT2D eigenvalue weighted by molar-refractivity contribution is 0.667. The minimum atomic E-state index is 0.671. The molecule has 0 bridgehead atoms. The van der Waals surface area contributed by atoms with Gasteiger partial charge in [0.15, 0.2) is 11.2 Å². The van der Waals surface area contributed by atoms with E-state index in [4.69, 9.17) is 14.4 Å². The smallest absolute Gasteiger partial charge is 0.155 e. The Morgan fingerprint density at radius 3 is 1.37 bits per heavy atom. The fraction of sp³-hybridized carbons (Fsp3) is 0. The standard InChI is InChI=1S/C40H22N10O/c1-3-7-25(8-4-1)49-31-19-23(11-13-27(31)37-33(49)21-41-47-45-37)29-15-17-35-39(43-29)40-36(51-35)18-16-30(44-40)24-12-14-28-32(20-24)50(26-9-5-2-6-10-26)34-22-42-48-46-38(28)34/h1-22H. The summed E-state index contributed by atoms with van der Waals surface area (Å²) in [6.45, 7) is 0. The molecule has 7 heterocycles. The van der Waals surface area contributed by atoms with Crippen molar-refractivity contribution in [1.29, 1.82) is 0 Å². The summed E-state index contributed by atoms with van der Waals surface area (Å²) >= 11 is 0. The predicted octanol–water partition coefficient (Wildman–Crippen LogP) is 8.27. The first kappa shape index (κ1) is 27.5. The van der Waals surface area contributed by atoms with Gasteiger partial charge in [0.2, 0.25) is 0 Å². The highest BCUT2D eigenvalue weighted by Gasteiger charge is 2.19. The van der Waals surface area contributed by atoms with E-state index < -0.39 is 0 Å². The highest BCUT2D eigenvalue weighted by molar-refractivity contribution is 6.09. The van der Waals surface area contributed by atoms with Crippen molar-refractivity contribution in [1.82, 2.24) is 49.9 Å². The molecule has 7 aromatic heterocycles. The lowest BCUT2D eigenvalue weighted by atomic mass is 10.1. The Hall–Kier alpha value is -7.40. The van der Waals surface area contributed by atoms with Gasteiger partial charge in [-0.15, -0.1) is 20.4 Å². The number of nitrogens with zero attached hydrogens (tertiary/aromatic N) is 10. The highest BCUT2D eigenvalue weighted by atomic mass is 16.3. The Morgan fingerprint density at radius 2 is 0.902 bits per heavy atom. The van der Waals surface area contributed by atoms with Crippen molar-refractivity contribution in [2.45, 2.75) is 0 Å². The van der Waals surface area contributed by atoms with Gasteiger partial charge in [0, 0.05) is 33.3 Å². The van der Waals surface area contributed by atoms with Crippen molar-refractivity contribution < 1.29 is 4.42 Å². The Kier molecular flexibility index (Phi) is 5.70. The van der Waals surface area contributed by atoms with E-state index in [1.165, 1.54) is 0 Å². The van der Waals surface area contributed by atoms with Crippen LogP contribution in [0.25, 0.3) is 100.0 Å². The van der Waals surface area contributed by atoms with Gasteiger partial charge in [0.25, 0.3) is 0 Å². The molecule has 11 heteroatoms. The SMILES string of the molecule is c1ccc(-n2c3cc(-c4ccc5oc6ccc(-c7ccc8c9nnncc9n(-c9ccccc9)c8c7)nc6c5n4)ccc3c3nnncc32)cc1. The second-order valence-electron chi connectivity index (χ2n) is 12.3. The van der Waals surface area contributed by atoms with Gasteiger partial charge in [-0.05, 0) is 83.2 Å². The van der Waals surface area contributed by atoms with Crippen LogP contribution in [0.15, 0.2) is 138 Å². The molecule has 0 radical (unpaired) electrons. The second kappa shape index (κ2) is 10.5. The number of rotatable bonds is 4. The van der Waals surface area contributed by atoms with Crippen LogP contribution in [0.1, 0.15) is 0 Å². The summed E-state index contributed by atoms with van der Waals surface area (Å²) in [5, 5.41) is 26.8. The van der Waals surface area contributed by atoms with Crippen LogP contribution in [0.4, 0.5) is 0 Å². The zero-order valence-electron chi connectivity index (χ0n) is 26.6. The van der Waals surface area contributed by atoms with Crippen molar-refractivity contribution >= 4 is 66.1 Å². The molecule has 11 aromatic rings. The third-order valence-corrected chi connectivity index (χ3v) is 9.49. The maximum atomic E-state index is 6.23. The summed E-state index contributed by atoms with van der Waals surface area (Å²) in [6.07, 6.45) is 3.51. The van der Waals surface area contributed by atoms with Crippen molar-refractivity contribution in [3.63, 3.8) is 0 Å². The molecule has 4 aromatic carbocycles. The van der Waals surface area contributed by atoms with Gasteiger partial charge < -0.3 is 13.6 Å².